The molecule has 0 fully saturated rings. The van der Waals surface area contributed by atoms with E-state index in [0.29, 0.717) is 23.9 Å². The lowest BCUT2D eigenvalue weighted by Gasteiger charge is -2.12. The van der Waals surface area contributed by atoms with Crippen molar-refractivity contribution in [3.8, 4) is 5.75 Å². The van der Waals surface area contributed by atoms with E-state index in [-0.39, 0.29) is 0 Å². The van der Waals surface area contributed by atoms with E-state index in [4.69, 9.17) is 27.9 Å². The first-order valence-electron chi connectivity index (χ1n) is 8.07. The van der Waals surface area contributed by atoms with Gasteiger partial charge in [-0.15, -0.1) is 0 Å². The van der Waals surface area contributed by atoms with E-state index in [2.05, 4.69) is 5.32 Å². The molecule has 2 nitrogen and oxygen atoms in total. The quantitative estimate of drug-likeness (QED) is 0.534. The standard InChI is InChI=1S/C21H19Cl2NO/c1-15-18(22)8-5-9-20(15)24-13-17-10-11-21(19(23)12-17)25-14-16-6-3-2-4-7-16/h2-12,24H,13-14H2,1H3. The molecule has 0 amide bonds. The molecule has 0 aliphatic heterocycles. The van der Waals surface area contributed by atoms with E-state index in [9.17, 15) is 0 Å². The molecule has 0 heterocycles. The van der Waals surface area contributed by atoms with Gasteiger partial charge in [-0.05, 0) is 47.9 Å². The molecule has 3 aromatic carbocycles. The number of hydrogen-bond acceptors (Lipinski definition) is 2. The number of benzene rings is 3. The maximum Gasteiger partial charge on any atom is 0.138 e. The summed E-state index contributed by atoms with van der Waals surface area (Å²) in [6.07, 6.45) is 0. The molecule has 0 saturated carbocycles. The Balaban J connectivity index is 1.62. The average molecular weight is 372 g/mol. The lowest BCUT2D eigenvalue weighted by molar-refractivity contribution is 0.306. The summed E-state index contributed by atoms with van der Waals surface area (Å²) in [5, 5.41) is 4.76. The third kappa shape index (κ3) is 4.68. The molecule has 0 atom stereocenters. The molecule has 3 aromatic rings. The zero-order chi connectivity index (χ0) is 17.6. The molecule has 25 heavy (non-hydrogen) atoms. The first-order valence-corrected chi connectivity index (χ1v) is 8.83. The summed E-state index contributed by atoms with van der Waals surface area (Å²) in [6.45, 7) is 3.16. The van der Waals surface area contributed by atoms with Gasteiger partial charge in [-0.25, -0.2) is 0 Å². The van der Waals surface area contributed by atoms with Crippen molar-refractivity contribution in [2.24, 2.45) is 0 Å². The van der Waals surface area contributed by atoms with Crippen LogP contribution in [0.4, 0.5) is 5.69 Å². The molecule has 128 valence electrons. The highest BCUT2D eigenvalue weighted by Gasteiger charge is 2.06. The van der Waals surface area contributed by atoms with Gasteiger partial charge in [0.1, 0.15) is 12.4 Å². The lowest BCUT2D eigenvalue weighted by Crippen LogP contribution is -2.02. The van der Waals surface area contributed by atoms with Crippen LogP contribution in [0.15, 0.2) is 66.7 Å². The maximum absolute atomic E-state index is 6.36. The fourth-order valence-corrected chi connectivity index (χ4v) is 2.94. The number of halogens is 2. The van der Waals surface area contributed by atoms with Crippen molar-refractivity contribution >= 4 is 28.9 Å². The van der Waals surface area contributed by atoms with Crippen molar-refractivity contribution in [1.29, 1.82) is 0 Å². The Morgan fingerprint density at radius 2 is 1.64 bits per heavy atom. The Kier molecular flexibility index (Phi) is 5.85. The number of nitrogens with one attached hydrogen (secondary N) is 1. The Morgan fingerprint density at radius 1 is 0.840 bits per heavy atom. The van der Waals surface area contributed by atoms with Crippen LogP contribution < -0.4 is 10.1 Å². The normalized spacial score (nSPS) is 10.5. The van der Waals surface area contributed by atoms with Crippen LogP contribution in [0.2, 0.25) is 10.0 Å². The van der Waals surface area contributed by atoms with Crippen molar-refractivity contribution in [1.82, 2.24) is 0 Å². The molecule has 0 saturated heterocycles. The smallest absolute Gasteiger partial charge is 0.138 e. The van der Waals surface area contributed by atoms with Gasteiger partial charge in [0, 0.05) is 17.3 Å². The Bertz CT molecular complexity index is 850. The molecule has 0 aliphatic rings. The van der Waals surface area contributed by atoms with Crippen LogP contribution >= 0.6 is 23.2 Å². The zero-order valence-corrected chi connectivity index (χ0v) is 15.4. The van der Waals surface area contributed by atoms with Gasteiger partial charge in [0.05, 0.1) is 5.02 Å². The van der Waals surface area contributed by atoms with E-state index < -0.39 is 0 Å². The molecule has 0 aliphatic carbocycles. The van der Waals surface area contributed by atoms with Crippen molar-refractivity contribution in [3.63, 3.8) is 0 Å². The summed E-state index contributed by atoms with van der Waals surface area (Å²) in [5.74, 6) is 0.688. The molecule has 0 spiro atoms. The largest absolute Gasteiger partial charge is 0.487 e. The molecule has 0 radical (unpaired) electrons. The lowest BCUT2D eigenvalue weighted by atomic mass is 10.1. The van der Waals surface area contributed by atoms with Gasteiger partial charge in [0.2, 0.25) is 0 Å². The first kappa shape index (κ1) is 17.7. The fourth-order valence-electron chi connectivity index (χ4n) is 2.50. The van der Waals surface area contributed by atoms with E-state index in [1.165, 1.54) is 0 Å². The molecule has 3 rings (SSSR count). The summed E-state index contributed by atoms with van der Waals surface area (Å²) in [4.78, 5) is 0. The Labute approximate surface area is 158 Å². The first-order chi connectivity index (χ1) is 12.1. The second-order valence-corrected chi connectivity index (χ2v) is 6.62. The molecule has 1 N–H and O–H groups in total. The summed E-state index contributed by atoms with van der Waals surface area (Å²) >= 11 is 12.5. The highest BCUT2D eigenvalue weighted by Crippen LogP contribution is 2.28. The van der Waals surface area contributed by atoms with Gasteiger partial charge >= 0.3 is 0 Å². The number of hydrogen-bond donors (Lipinski definition) is 1. The topological polar surface area (TPSA) is 21.3 Å². The SMILES string of the molecule is Cc1c(Cl)cccc1NCc1ccc(OCc2ccccc2)c(Cl)c1. The number of rotatable bonds is 6. The summed E-state index contributed by atoms with van der Waals surface area (Å²) in [7, 11) is 0. The van der Waals surface area contributed by atoms with E-state index in [1.54, 1.807) is 0 Å². The third-order valence-electron chi connectivity index (χ3n) is 3.98. The minimum absolute atomic E-state index is 0.500. The van der Waals surface area contributed by atoms with E-state index >= 15 is 0 Å². The summed E-state index contributed by atoms with van der Waals surface area (Å²) < 4.78 is 5.81. The average Bonchev–Trinajstić information content (AvgIpc) is 2.63. The fraction of sp³-hybridized carbons (Fsp3) is 0.143. The van der Waals surface area contributed by atoms with Crippen molar-refractivity contribution in [2.45, 2.75) is 20.1 Å². The third-order valence-corrected chi connectivity index (χ3v) is 4.69. The van der Waals surface area contributed by atoms with Crippen LogP contribution in [-0.4, -0.2) is 0 Å². The van der Waals surface area contributed by atoms with Crippen LogP contribution in [0.25, 0.3) is 0 Å². The summed E-state index contributed by atoms with van der Waals surface area (Å²) in [5.41, 5.74) is 4.25. The van der Waals surface area contributed by atoms with Crippen molar-refractivity contribution < 1.29 is 4.74 Å². The Morgan fingerprint density at radius 3 is 2.40 bits per heavy atom. The van der Waals surface area contributed by atoms with Crippen LogP contribution in [0, 0.1) is 6.92 Å². The predicted molar refractivity (Wildman–Crippen MR) is 106 cm³/mol. The predicted octanol–water partition coefficient (Wildman–Crippen LogP) is 6.49. The van der Waals surface area contributed by atoms with Crippen molar-refractivity contribution in [2.75, 3.05) is 5.32 Å². The summed E-state index contributed by atoms with van der Waals surface area (Å²) in [6, 6.07) is 21.7. The van der Waals surface area contributed by atoms with Gasteiger partial charge in [0.25, 0.3) is 0 Å². The van der Waals surface area contributed by atoms with Crippen molar-refractivity contribution in [3.05, 3.63) is 93.5 Å². The van der Waals surface area contributed by atoms with E-state index in [1.807, 2.05) is 73.7 Å². The number of anilines is 1. The van der Waals surface area contributed by atoms with Gasteiger partial charge < -0.3 is 10.1 Å². The molecule has 0 aromatic heterocycles. The molecule has 0 unspecified atom stereocenters. The second kappa shape index (κ2) is 8.28. The number of ether oxygens (including phenoxy) is 1. The zero-order valence-electron chi connectivity index (χ0n) is 13.9. The van der Waals surface area contributed by atoms with E-state index in [0.717, 1.165) is 27.4 Å². The van der Waals surface area contributed by atoms with Gasteiger partial charge in [-0.3, -0.25) is 0 Å². The highest BCUT2D eigenvalue weighted by molar-refractivity contribution is 6.32. The van der Waals surface area contributed by atoms with Crippen LogP contribution in [0.5, 0.6) is 5.75 Å². The maximum atomic E-state index is 6.36. The molecular weight excluding hydrogens is 353 g/mol. The van der Waals surface area contributed by atoms with Gasteiger partial charge in [-0.1, -0.05) is 65.7 Å². The van der Waals surface area contributed by atoms with Crippen LogP contribution in [0.3, 0.4) is 0 Å². The molecular formula is C21H19Cl2NO. The molecule has 0 bridgehead atoms. The van der Waals surface area contributed by atoms with Crippen LogP contribution in [-0.2, 0) is 13.2 Å². The monoisotopic (exact) mass is 371 g/mol. The highest BCUT2D eigenvalue weighted by atomic mass is 35.5. The van der Waals surface area contributed by atoms with Gasteiger partial charge in [-0.2, -0.15) is 0 Å². The van der Waals surface area contributed by atoms with Crippen LogP contribution in [0.1, 0.15) is 16.7 Å². The minimum atomic E-state index is 0.500. The molecule has 4 heteroatoms. The second-order valence-electron chi connectivity index (χ2n) is 5.80. The minimum Gasteiger partial charge on any atom is -0.487 e. The Hall–Kier alpha value is -2.16. The van der Waals surface area contributed by atoms with Gasteiger partial charge in [0.15, 0.2) is 0 Å².